The highest BCUT2D eigenvalue weighted by Gasteiger charge is 2.19. The Hall–Kier alpha value is -2.83. The molecule has 1 aromatic heterocycles. The predicted octanol–water partition coefficient (Wildman–Crippen LogP) is 1.14. The van der Waals surface area contributed by atoms with E-state index in [4.69, 9.17) is 5.73 Å². The molecular weight excluding hydrogens is 275 g/mol. The zero-order chi connectivity index (χ0) is 15.2. The fourth-order valence-corrected chi connectivity index (χ4v) is 1.74. The van der Waals surface area contributed by atoms with Crippen LogP contribution in [0.1, 0.15) is 16.9 Å². The lowest BCUT2D eigenvalue weighted by molar-refractivity contribution is -0.117. The van der Waals surface area contributed by atoms with Crippen molar-refractivity contribution >= 4 is 17.5 Å². The Bertz CT molecular complexity index is 631. The molecule has 2 aromatic rings. The van der Waals surface area contributed by atoms with Gasteiger partial charge in [-0.25, -0.2) is 9.37 Å². The normalized spacial score (nSPS) is 10.1. The summed E-state index contributed by atoms with van der Waals surface area (Å²) in [5.41, 5.74) is 5.70. The Morgan fingerprint density at radius 3 is 2.48 bits per heavy atom. The van der Waals surface area contributed by atoms with E-state index in [9.17, 15) is 14.0 Å². The lowest BCUT2D eigenvalue weighted by atomic mass is 10.2. The van der Waals surface area contributed by atoms with Gasteiger partial charge in [0.2, 0.25) is 5.91 Å². The summed E-state index contributed by atoms with van der Waals surface area (Å²) < 4.78 is 13.0. The number of benzene rings is 1. The fraction of sp³-hybridized carbons (Fsp3) is 0.143. The standard InChI is InChI=1S/C14H13FN4O2/c15-10-1-3-11(4-2-10)19(8-5-13(16)20)14(21)12-9-17-6-7-18-12/h1-4,6-7,9H,5,8H2,(H2,16,20). The van der Waals surface area contributed by atoms with E-state index < -0.39 is 17.6 Å². The molecule has 0 aliphatic rings. The van der Waals surface area contributed by atoms with Crippen LogP contribution in [0.25, 0.3) is 0 Å². The van der Waals surface area contributed by atoms with Crippen molar-refractivity contribution < 1.29 is 14.0 Å². The molecule has 0 aliphatic carbocycles. The summed E-state index contributed by atoms with van der Waals surface area (Å²) in [7, 11) is 0. The van der Waals surface area contributed by atoms with Crippen molar-refractivity contribution in [2.75, 3.05) is 11.4 Å². The number of carbonyl (C=O) groups excluding carboxylic acids is 2. The maximum Gasteiger partial charge on any atom is 0.278 e. The van der Waals surface area contributed by atoms with Crippen LogP contribution < -0.4 is 10.6 Å². The van der Waals surface area contributed by atoms with E-state index in [2.05, 4.69) is 9.97 Å². The molecule has 108 valence electrons. The van der Waals surface area contributed by atoms with Gasteiger partial charge in [-0.15, -0.1) is 0 Å². The van der Waals surface area contributed by atoms with Crippen LogP contribution in [0, 0.1) is 5.82 Å². The van der Waals surface area contributed by atoms with Crippen LogP contribution >= 0.6 is 0 Å². The molecule has 0 spiro atoms. The number of rotatable bonds is 5. The van der Waals surface area contributed by atoms with Crippen LogP contribution in [0.4, 0.5) is 10.1 Å². The summed E-state index contributed by atoms with van der Waals surface area (Å²) in [5.74, 6) is -1.38. The summed E-state index contributed by atoms with van der Waals surface area (Å²) in [6.45, 7) is 0.0797. The fourth-order valence-electron chi connectivity index (χ4n) is 1.74. The van der Waals surface area contributed by atoms with Crippen LogP contribution in [0.3, 0.4) is 0 Å². The Morgan fingerprint density at radius 1 is 1.19 bits per heavy atom. The molecule has 0 bridgehead atoms. The van der Waals surface area contributed by atoms with E-state index in [1.54, 1.807) is 0 Å². The Labute approximate surface area is 120 Å². The van der Waals surface area contributed by atoms with Gasteiger partial charge in [-0.05, 0) is 24.3 Å². The third-order valence-corrected chi connectivity index (χ3v) is 2.75. The molecule has 2 N–H and O–H groups in total. The van der Waals surface area contributed by atoms with Crippen molar-refractivity contribution in [3.05, 3.63) is 54.4 Å². The van der Waals surface area contributed by atoms with E-state index in [1.807, 2.05) is 0 Å². The average molecular weight is 288 g/mol. The lowest BCUT2D eigenvalue weighted by Gasteiger charge is -2.21. The second kappa shape index (κ2) is 6.56. The largest absolute Gasteiger partial charge is 0.370 e. The highest BCUT2D eigenvalue weighted by molar-refractivity contribution is 6.04. The van der Waals surface area contributed by atoms with Gasteiger partial charge >= 0.3 is 0 Å². The van der Waals surface area contributed by atoms with Gasteiger partial charge in [0.05, 0.1) is 6.20 Å². The van der Waals surface area contributed by atoms with Crippen LogP contribution in [0.5, 0.6) is 0 Å². The smallest absolute Gasteiger partial charge is 0.278 e. The summed E-state index contributed by atoms with van der Waals surface area (Å²) >= 11 is 0. The summed E-state index contributed by atoms with van der Waals surface area (Å²) in [4.78, 5) is 32.4. The highest BCUT2D eigenvalue weighted by Crippen LogP contribution is 2.17. The molecule has 0 fully saturated rings. The van der Waals surface area contributed by atoms with Gasteiger partial charge in [-0.2, -0.15) is 0 Å². The van der Waals surface area contributed by atoms with Gasteiger partial charge in [0, 0.05) is 31.0 Å². The van der Waals surface area contributed by atoms with Gasteiger partial charge in [0.25, 0.3) is 5.91 Å². The van der Waals surface area contributed by atoms with Crippen molar-refractivity contribution in [3.63, 3.8) is 0 Å². The van der Waals surface area contributed by atoms with Crippen molar-refractivity contribution in [1.82, 2.24) is 9.97 Å². The minimum atomic E-state index is -0.533. The number of primary amides is 1. The molecular formula is C14H13FN4O2. The number of hydrogen-bond donors (Lipinski definition) is 1. The number of anilines is 1. The molecule has 21 heavy (non-hydrogen) atoms. The molecule has 1 heterocycles. The van der Waals surface area contributed by atoms with Gasteiger partial charge in [0.15, 0.2) is 0 Å². The van der Waals surface area contributed by atoms with Gasteiger partial charge in [-0.3, -0.25) is 14.6 Å². The molecule has 6 nitrogen and oxygen atoms in total. The minimum absolute atomic E-state index is 0.0105. The van der Waals surface area contributed by atoms with Crippen molar-refractivity contribution in [2.24, 2.45) is 5.73 Å². The van der Waals surface area contributed by atoms with Crippen molar-refractivity contribution in [1.29, 1.82) is 0 Å². The topological polar surface area (TPSA) is 89.2 Å². The second-order valence-electron chi connectivity index (χ2n) is 4.24. The molecule has 0 saturated carbocycles. The monoisotopic (exact) mass is 288 g/mol. The average Bonchev–Trinajstić information content (AvgIpc) is 2.49. The molecule has 0 aliphatic heterocycles. The first-order chi connectivity index (χ1) is 10.1. The number of nitrogens with zero attached hydrogens (tertiary/aromatic N) is 3. The molecule has 2 amide bonds. The van der Waals surface area contributed by atoms with Crippen LogP contribution in [-0.4, -0.2) is 28.3 Å². The lowest BCUT2D eigenvalue weighted by Crippen LogP contribution is -2.34. The van der Waals surface area contributed by atoms with Gasteiger partial charge in [0.1, 0.15) is 11.5 Å². The maximum absolute atomic E-state index is 13.0. The van der Waals surface area contributed by atoms with Crippen LogP contribution in [-0.2, 0) is 4.79 Å². The zero-order valence-corrected chi connectivity index (χ0v) is 11.1. The van der Waals surface area contributed by atoms with Gasteiger partial charge < -0.3 is 10.6 Å². The number of nitrogens with two attached hydrogens (primary N) is 1. The molecule has 0 saturated heterocycles. The Morgan fingerprint density at radius 2 is 1.90 bits per heavy atom. The van der Waals surface area contributed by atoms with E-state index in [0.717, 1.165) is 0 Å². The first kappa shape index (κ1) is 14.6. The molecule has 2 rings (SSSR count). The third kappa shape index (κ3) is 3.82. The second-order valence-corrected chi connectivity index (χ2v) is 4.24. The number of aromatic nitrogens is 2. The van der Waals surface area contributed by atoms with Crippen molar-refractivity contribution in [2.45, 2.75) is 6.42 Å². The van der Waals surface area contributed by atoms with E-state index in [-0.39, 0.29) is 18.7 Å². The molecule has 7 heteroatoms. The Kier molecular flexibility index (Phi) is 4.55. The number of amides is 2. The first-order valence-corrected chi connectivity index (χ1v) is 6.19. The number of halogens is 1. The number of hydrogen-bond acceptors (Lipinski definition) is 4. The minimum Gasteiger partial charge on any atom is -0.370 e. The first-order valence-electron chi connectivity index (χ1n) is 6.19. The Balaban J connectivity index is 2.29. The van der Waals surface area contributed by atoms with Crippen molar-refractivity contribution in [3.8, 4) is 0 Å². The predicted molar refractivity (Wildman–Crippen MR) is 73.9 cm³/mol. The van der Waals surface area contributed by atoms with E-state index in [1.165, 1.54) is 47.8 Å². The quantitative estimate of drug-likeness (QED) is 0.893. The van der Waals surface area contributed by atoms with E-state index in [0.29, 0.717) is 5.69 Å². The molecule has 0 unspecified atom stereocenters. The molecule has 0 atom stereocenters. The maximum atomic E-state index is 13.0. The van der Waals surface area contributed by atoms with Crippen LogP contribution in [0.15, 0.2) is 42.9 Å². The van der Waals surface area contributed by atoms with Crippen LogP contribution in [0.2, 0.25) is 0 Å². The number of carbonyl (C=O) groups is 2. The summed E-state index contributed by atoms with van der Waals surface area (Å²) in [6, 6.07) is 5.36. The molecule has 1 aromatic carbocycles. The molecule has 0 radical (unpaired) electrons. The third-order valence-electron chi connectivity index (χ3n) is 2.75. The zero-order valence-electron chi connectivity index (χ0n) is 11.1. The van der Waals surface area contributed by atoms with E-state index >= 15 is 0 Å². The summed E-state index contributed by atoms with van der Waals surface area (Å²) in [6.07, 6.45) is 4.15. The van der Waals surface area contributed by atoms with Gasteiger partial charge in [-0.1, -0.05) is 0 Å². The summed E-state index contributed by atoms with van der Waals surface area (Å²) in [5, 5.41) is 0. The SMILES string of the molecule is NC(=O)CCN(C(=O)c1cnccn1)c1ccc(F)cc1. The highest BCUT2D eigenvalue weighted by atomic mass is 19.1.